The fourth-order valence-corrected chi connectivity index (χ4v) is 12.1. The van der Waals surface area contributed by atoms with Gasteiger partial charge in [0.1, 0.15) is 18.1 Å². The van der Waals surface area contributed by atoms with Crippen LogP contribution in [0.4, 0.5) is 0 Å². The minimum Gasteiger partial charge on any atom is -0.459 e. The molecule has 69 heavy (non-hydrogen) atoms. The summed E-state index contributed by atoms with van der Waals surface area (Å²) in [5.41, 5.74) is 0.665. The normalized spacial score (nSPS) is 34.0. The first-order chi connectivity index (χ1) is 31.7. The summed E-state index contributed by atoms with van der Waals surface area (Å²) in [6.45, 7) is 39.9. The molecule has 11 nitrogen and oxygen atoms in total. The van der Waals surface area contributed by atoms with E-state index in [4.69, 9.17) is 42.0 Å². The number of fused-ring (bicyclic) bond motifs is 6. The number of hydrogen-bond donors (Lipinski definition) is 0. The highest BCUT2D eigenvalue weighted by Gasteiger charge is 2.51. The van der Waals surface area contributed by atoms with Gasteiger partial charge in [0.15, 0.2) is 39.8 Å². The summed E-state index contributed by atoms with van der Waals surface area (Å²) in [5.74, 6) is -3.79. The smallest absolute Gasteiger partial charge is 0.314 e. The van der Waals surface area contributed by atoms with E-state index in [0.717, 1.165) is 19.3 Å². The highest BCUT2D eigenvalue weighted by atomic mass is 28.4. The van der Waals surface area contributed by atoms with Crippen LogP contribution >= 0.6 is 0 Å². The van der Waals surface area contributed by atoms with Crippen molar-refractivity contribution in [1.29, 1.82) is 0 Å². The Kier molecular flexibility index (Phi) is 21.0. The van der Waals surface area contributed by atoms with E-state index in [1.807, 2.05) is 110 Å². The standard InChI is InChI=1S/C56H96O11Si2/c1-20-21-27-32-48(67-69(18,19)53(7,8)9)50-49-38-45(64-56(14,15)65-49)36-43-34-41(60-54(10,11)62-43)33-42-35-44(63-55(12,13)61-42)37-46(57)39(2)30-28-25-23-22-24-26-29-31-47(40(3)59-51(50)58)66-68(16,17)52(4,5)6/h22-26,28-31,40-45,47-50H,20-21,27,32-38H2,1-19H3/b23-22+,26-24+,28-25-,31-29?,39-30+/t40-,41+,42-,43+,44-,45+,47+,48-,49+,50-/m1/s1. The molecule has 0 N–H and O–H groups in total. The fraction of sp³-hybridized carbons (Fsp3) is 0.786. The van der Waals surface area contributed by atoms with Crippen LogP contribution in [0.1, 0.15) is 168 Å². The zero-order valence-electron chi connectivity index (χ0n) is 46.5. The molecule has 3 fully saturated rings. The number of cyclic esters (lactones) is 1. The lowest BCUT2D eigenvalue weighted by Gasteiger charge is -2.48. The molecule has 13 heteroatoms. The topological polar surface area (TPSA) is 117 Å². The molecule has 0 aliphatic carbocycles. The molecule has 0 unspecified atom stereocenters. The van der Waals surface area contributed by atoms with Gasteiger partial charge in [-0.3, -0.25) is 9.59 Å². The predicted octanol–water partition coefficient (Wildman–Crippen LogP) is 13.6. The molecule has 0 saturated carbocycles. The molecular formula is C56H96O11Si2. The van der Waals surface area contributed by atoms with E-state index in [1.54, 1.807) is 0 Å². The Morgan fingerprint density at radius 1 is 0.638 bits per heavy atom. The molecule has 0 aromatic rings. The van der Waals surface area contributed by atoms with Crippen molar-refractivity contribution in [3.63, 3.8) is 0 Å². The summed E-state index contributed by atoms with van der Waals surface area (Å²) in [6, 6.07) is 0. The van der Waals surface area contributed by atoms with Crippen LogP contribution in [0.2, 0.25) is 36.3 Å². The molecule has 0 spiro atoms. The lowest BCUT2D eigenvalue weighted by Crippen LogP contribution is -2.56. The van der Waals surface area contributed by atoms with Crippen molar-refractivity contribution in [2.24, 2.45) is 5.92 Å². The van der Waals surface area contributed by atoms with Crippen LogP contribution in [0.15, 0.2) is 60.3 Å². The molecular weight excluding hydrogens is 905 g/mol. The Morgan fingerprint density at radius 3 is 1.59 bits per heavy atom. The second-order valence-corrected chi connectivity index (χ2v) is 34.2. The van der Waals surface area contributed by atoms with E-state index >= 15 is 4.79 Å². The van der Waals surface area contributed by atoms with Crippen molar-refractivity contribution in [3.8, 4) is 0 Å². The maximum Gasteiger partial charge on any atom is 0.314 e. The molecule has 394 valence electrons. The van der Waals surface area contributed by atoms with Crippen LogP contribution in [0, 0.1) is 5.92 Å². The molecule has 4 aliphatic heterocycles. The molecule has 0 amide bonds. The number of rotatable bonds is 9. The quantitative estimate of drug-likeness (QED) is 0.125. The number of ketones is 1. The summed E-state index contributed by atoms with van der Waals surface area (Å²) in [6.07, 6.45) is 20.8. The Balaban J connectivity index is 1.82. The molecule has 4 heterocycles. The number of carbonyl (C=O) groups excluding carboxylic acids is 2. The Hall–Kier alpha value is -2.05. The minimum atomic E-state index is -2.41. The molecule has 0 aromatic carbocycles. The minimum absolute atomic E-state index is 0.0416. The first-order valence-electron chi connectivity index (χ1n) is 26.2. The third-order valence-corrected chi connectivity index (χ3v) is 23.8. The number of unbranched alkanes of at least 4 members (excludes halogenated alkanes) is 2. The van der Waals surface area contributed by atoms with Crippen LogP contribution in [0.25, 0.3) is 0 Å². The number of Topliss-reactive ketones (excluding diaryl/α,β-unsaturated/α-hetero) is 1. The Bertz CT molecular complexity index is 1830. The van der Waals surface area contributed by atoms with Gasteiger partial charge in [0.2, 0.25) is 0 Å². The van der Waals surface area contributed by atoms with Crippen molar-refractivity contribution >= 4 is 28.4 Å². The second-order valence-electron chi connectivity index (χ2n) is 24.7. The van der Waals surface area contributed by atoms with Crippen LogP contribution < -0.4 is 0 Å². The molecule has 4 aliphatic rings. The van der Waals surface area contributed by atoms with E-state index in [2.05, 4.69) is 74.7 Å². The highest BCUT2D eigenvalue weighted by molar-refractivity contribution is 6.74. The lowest BCUT2D eigenvalue weighted by molar-refractivity contribution is -0.337. The molecule has 10 atom stereocenters. The van der Waals surface area contributed by atoms with Gasteiger partial charge in [-0.15, -0.1) is 0 Å². The van der Waals surface area contributed by atoms with E-state index in [9.17, 15) is 4.79 Å². The molecule has 4 rings (SSSR count). The Morgan fingerprint density at radius 2 is 1.09 bits per heavy atom. The second kappa shape index (κ2) is 24.3. The maximum atomic E-state index is 15.4. The number of allylic oxidation sites excluding steroid dienone is 9. The SMILES string of the molecule is CCCCC[C@@H](O[Si](C)(C)C(C)(C)C)[C@H]1C(=O)O[C@H](C)[C@@H](O[Si](C)(C)C(C)(C)C)C=C/C=C/C=C/C=C\C=C(/C)C(=O)C[C@H]2C[C@@H](C[C@H]3C[C@@H](C[C@H]4C[C@@H]1OC(C)(C)O4)OC(C)(C)O3)OC(C)(C)O2. The number of carbonyl (C=O) groups is 2. The van der Waals surface area contributed by atoms with Crippen LogP contribution in [0.3, 0.4) is 0 Å². The van der Waals surface area contributed by atoms with Crippen molar-refractivity contribution in [2.75, 3.05) is 0 Å². The molecule has 6 bridgehead atoms. The summed E-state index contributed by atoms with van der Waals surface area (Å²) in [4.78, 5) is 28.9. The van der Waals surface area contributed by atoms with Gasteiger partial charge in [0.25, 0.3) is 0 Å². The first kappa shape index (κ1) is 59.5. The van der Waals surface area contributed by atoms with Crippen molar-refractivity contribution in [2.45, 2.75) is 277 Å². The van der Waals surface area contributed by atoms with Gasteiger partial charge in [0, 0.05) is 38.5 Å². The van der Waals surface area contributed by atoms with Gasteiger partial charge in [-0.05, 0) is 104 Å². The largest absolute Gasteiger partial charge is 0.459 e. The van der Waals surface area contributed by atoms with Crippen LogP contribution in [-0.2, 0) is 51.6 Å². The number of ether oxygens (including phenoxy) is 7. The van der Waals surface area contributed by atoms with Gasteiger partial charge in [-0.1, -0.05) is 122 Å². The van der Waals surface area contributed by atoms with Crippen molar-refractivity contribution in [1.82, 2.24) is 0 Å². The monoisotopic (exact) mass is 1000 g/mol. The predicted molar refractivity (Wildman–Crippen MR) is 282 cm³/mol. The van der Waals surface area contributed by atoms with Gasteiger partial charge in [0.05, 0.1) is 42.7 Å². The van der Waals surface area contributed by atoms with Crippen molar-refractivity contribution in [3.05, 3.63) is 60.3 Å². The fourth-order valence-electron chi connectivity index (χ4n) is 9.40. The average molecular weight is 1000 g/mol. The maximum absolute atomic E-state index is 15.4. The lowest BCUT2D eigenvalue weighted by atomic mass is 9.86. The number of esters is 1. The molecule has 0 radical (unpaired) electrons. The van der Waals surface area contributed by atoms with Gasteiger partial charge < -0.3 is 42.0 Å². The average Bonchev–Trinajstić information content (AvgIpc) is 3.16. The zero-order valence-corrected chi connectivity index (χ0v) is 48.5. The van der Waals surface area contributed by atoms with E-state index in [0.29, 0.717) is 44.1 Å². The van der Waals surface area contributed by atoms with E-state index in [1.165, 1.54) is 0 Å². The first-order valence-corrected chi connectivity index (χ1v) is 32.0. The third-order valence-electron chi connectivity index (χ3n) is 14.9. The van der Waals surface area contributed by atoms with Crippen LogP contribution in [-0.4, -0.2) is 101 Å². The van der Waals surface area contributed by atoms with Gasteiger partial charge in [-0.2, -0.15) is 0 Å². The molecule has 3 saturated heterocycles. The Labute approximate surface area is 421 Å². The molecule has 0 aromatic heterocycles. The summed E-state index contributed by atoms with van der Waals surface area (Å²) in [7, 11) is -4.76. The summed E-state index contributed by atoms with van der Waals surface area (Å²) in [5, 5.41) is -0.176. The van der Waals surface area contributed by atoms with Crippen molar-refractivity contribution < 1.29 is 51.6 Å². The van der Waals surface area contributed by atoms with Gasteiger partial charge >= 0.3 is 5.97 Å². The van der Waals surface area contributed by atoms with Gasteiger partial charge in [-0.25, -0.2) is 0 Å². The van der Waals surface area contributed by atoms with E-state index in [-0.39, 0.29) is 58.8 Å². The summed E-state index contributed by atoms with van der Waals surface area (Å²) < 4.78 is 60.9. The third kappa shape index (κ3) is 18.4. The summed E-state index contributed by atoms with van der Waals surface area (Å²) >= 11 is 0. The zero-order chi connectivity index (χ0) is 51.8. The van der Waals surface area contributed by atoms with Crippen LogP contribution in [0.5, 0.6) is 0 Å². The highest BCUT2D eigenvalue weighted by Crippen LogP contribution is 2.44. The van der Waals surface area contributed by atoms with E-state index < -0.39 is 64.3 Å². The number of hydrogen-bond acceptors (Lipinski definition) is 11.